The van der Waals surface area contributed by atoms with Crippen molar-refractivity contribution in [2.75, 3.05) is 18.0 Å². The molecule has 0 aliphatic heterocycles. The van der Waals surface area contributed by atoms with Crippen LogP contribution in [0.25, 0.3) is 0 Å². The van der Waals surface area contributed by atoms with Crippen LogP contribution in [0.15, 0.2) is 18.2 Å². The van der Waals surface area contributed by atoms with Gasteiger partial charge in [-0.1, -0.05) is 6.07 Å². The molecule has 0 fully saturated rings. The minimum atomic E-state index is -1.01. The van der Waals surface area contributed by atoms with Crippen LogP contribution in [-0.4, -0.2) is 23.3 Å². The number of hydrogen-bond acceptors (Lipinski definition) is 3. The maximum atomic E-state index is 9.88. The van der Waals surface area contributed by atoms with Crippen LogP contribution in [-0.2, 0) is 5.60 Å². The van der Waals surface area contributed by atoms with Crippen molar-refractivity contribution in [1.82, 2.24) is 0 Å². The molecule has 0 unspecified atom stereocenters. The van der Waals surface area contributed by atoms with E-state index in [-0.39, 0.29) is 5.75 Å². The van der Waals surface area contributed by atoms with E-state index in [0.717, 1.165) is 18.8 Å². The Morgan fingerprint density at radius 3 is 2.12 bits per heavy atom. The molecule has 0 saturated carbocycles. The summed E-state index contributed by atoms with van der Waals surface area (Å²) in [7, 11) is 0. The molecule has 1 aromatic carbocycles. The molecule has 0 heterocycles. The van der Waals surface area contributed by atoms with Gasteiger partial charge in [-0.3, -0.25) is 0 Å². The second-order valence-corrected chi connectivity index (χ2v) is 4.43. The first-order chi connectivity index (χ1) is 7.40. The zero-order valence-electron chi connectivity index (χ0n) is 10.5. The molecule has 0 aliphatic carbocycles. The SMILES string of the molecule is CCN(CC)c1ccc(C(C)(C)O)c(O)c1. The third-order valence-corrected chi connectivity index (χ3v) is 2.77. The molecule has 1 rings (SSSR count). The van der Waals surface area contributed by atoms with Crippen LogP contribution >= 0.6 is 0 Å². The van der Waals surface area contributed by atoms with Gasteiger partial charge in [-0.05, 0) is 33.8 Å². The smallest absolute Gasteiger partial charge is 0.123 e. The van der Waals surface area contributed by atoms with Crippen LogP contribution in [0.2, 0.25) is 0 Å². The molecule has 2 N–H and O–H groups in total. The summed E-state index contributed by atoms with van der Waals surface area (Å²) in [6, 6.07) is 5.42. The highest BCUT2D eigenvalue weighted by Gasteiger charge is 2.20. The molecular formula is C13H21NO2. The Bertz CT molecular complexity index is 351. The number of hydrogen-bond donors (Lipinski definition) is 2. The standard InChI is InChI=1S/C13H21NO2/c1-5-14(6-2)10-7-8-11(12(15)9-10)13(3,4)16/h7-9,15-16H,5-6H2,1-4H3. The first kappa shape index (κ1) is 12.8. The van der Waals surface area contributed by atoms with Crippen LogP contribution < -0.4 is 4.90 Å². The minimum Gasteiger partial charge on any atom is -0.507 e. The summed E-state index contributed by atoms with van der Waals surface area (Å²) < 4.78 is 0. The summed E-state index contributed by atoms with van der Waals surface area (Å²) in [6.07, 6.45) is 0. The van der Waals surface area contributed by atoms with Gasteiger partial charge < -0.3 is 15.1 Å². The Balaban J connectivity index is 3.08. The molecule has 1 aromatic rings. The Morgan fingerprint density at radius 2 is 1.75 bits per heavy atom. The van der Waals surface area contributed by atoms with E-state index in [1.54, 1.807) is 26.0 Å². The zero-order chi connectivity index (χ0) is 12.3. The molecule has 0 saturated heterocycles. The molecule has 0 bridgehead atoms. The molecule has 0 atom stereocenters. The molecule has 0 aliphatic rings. The van der Waals surface area contributed by atoms with Crippen LogP contribution in [0, 0.1) is 0 Å². The fourth-order valence-corrected chi connectivity index (χ4v) is 1.82. The van der Waals surface area contributed by atoms with E-state index in [1.807, 2.05) is 6.07 Å². The van der Waals surface area contributed by atoms with Crippen molar-refractivity contribution in [3.8, 4) is 5.75 Å². The van der Waals surface area contributed by atoms with Crippen molar-refractivity contribution >= 4 is 5.69 Å². The van der Waals surface area contributed by atoms with E-state index in [9.17, 15) is 10.2 Å². The average Bonchev–Trinajstić information content (AvgIpc) is 2.17. The third-order valence-electron chi connectivity index (χ3n) is 2.77. The molecule has 0 spiro atoms. The molecule has 90 valence electrons. The van der Waals surface area contributed by atoms with Crippen molar-refractivity contribution in [2.45, 2.75) is 33.3 Å². The average molecular weight is 223 g/mol. The normalized spacial score (nSPS) is 11.6. The predicted octanol–water partition coefficient (Wildman–Crippen LogP) is 2.47. The van der Waals surface area contributed by atoms with E-state index in [2.05, 4.69) is 18.7 Å². The quantitative estimate of drug-likeness (QED) is 0.824. The fraction of sp³-hybridized carbons (Fsp3) is 0.538. The van der Waals surface area contributed by atoms with Crippen molar-refractivity contribution < 1.29 is 10.2 Å². The maximum Gasteiger partial charge on any atom is 0.123 e. The van der Waals surface area contributed by atoms with Gasteiger partial charge in [0.2, 0.25) is 0 Å². The number of aromatic hydroxyl groups is 1. The predicted molar refractivity (Wildman–Crippen MR) is 66.9 cm³/mol. The molecule has 3 heteroatoms. The summed E-state index contributed by atoms with van der Waals surface area (Å²) in [5.41, 5.74) is 0.533. The summed E-state index contributed by atoms with van der Waals surface area (Å²) >= 11 is 0. The lowest BCUT2D eigenvalue weighted by Crippen LogP contribution is -2.22. The van der Waals surface area contributed by atoms with E-state index >= 15 is 0 Å². The molecular weight excluding hydrogens is 202 g/mol. The second kappa shape index (κ2) is 4.74. The van der Waals surface area contributed by atoms with Crippen LogP contribution in [0.4, 0.5) is 5.69 Å². The molecule has 3 nitrogen and oxygen atoms in total. The van der Waals surface area contributed by atoms with Gasteiger partial charge in [-0.15, -0.1) is 0 Å². The highest BCUT2D eigenvalue weighted by Crippen LogP contribution is 2.32. The van der Waals surface area contributed by atoms with Gasteiger partial charge in [0, 0.05) is 30.4 Å². The zero-order valence-corrected chi connectivity index (χ0v) is 10.5. The molecule has 0 radical (unpaired) electrons. The maximum absolute atomic E-state index is 9.88. The third kappa shape index (κ3) is 2.67. The first-order valence-corrected chi connectivity index (χ1v) is 5.71. The molecule has 16 heavy (non-hydrogen) atoms. The van der Waals surface area contributed by atoms with Gasteiger partial charge in [-0.2, -0.15) is 0 Å². The fourth-order valence-electron chi connectivity index (χ4n) is 1.82. The van der Waals surface area contributed by atoms with Crippen molar-refractivity contribution in [2.24, 2.45) is 0 Å². The van der Waals surface area contributed by atoms with E-state index in [1.165, 1.54) is 0 Å². The van der Waals surface area contributed by atoms with Crippen LogP contribution in [0.3, 0.4) is 0 Å². The first-order valence-electron chi connectivity index (χ1n) is 5.71. The number of aliphatic hydroxyl groups is 1. The topological polar surface area (TPSA) is 43.7 Å². The second-order valence-electron chi connectivity index (χ2n) is 4.43. The van der Waals surface area contributed by atoms with Gasteiger partial charge in [0.05, 0.1) is 5.60 Å². The Morgan fingerprint density at radius 1 is 1.19 bits per heavy atom. The number of nitrogens with zero attached hydrogens (tertiary/aromatic N) is 1. The molecule has 0 aromatic heterocycles. The lowest BCUT2D eigenvalue weighted by Gasteiger charge is -2.24. The van der Waals surface area contributed by atoms with Gasteiger partial charge in [0.15, 0.2) is 0 Å². The Kier molecular flexibility index (Phi) is 3.81. The van der Waals surface area contributed by atoms with Crippen molar-refractivity contribution in [1.29, 1.82) is 0 Å². The minimum absolute atomic E-state index is 0.150. The van der Waals surface area contributed by atoms with Gasteiger partial charge >= 0.3 is 0 Å². The largest absolute Gasteiger partial charge is 0.507 e. The van der Waals surface area contributed by atoms with Crippen molar-refractivity contribution in [3.05, 3.63) is 23.8 Å². The summed E-state index contributed by atoms with van der Waals surface area (Å²) in [5, 5.41) is 19.7. The lowest BCUT2D eigenvalue weighted by atomic mass is 9.97. The Hall–Kier alpha value is -1.22. The van der Waals surface area contributed by atoms with Gasteiger partial charge in [0.25, 0.3) is 0 Å². The van der Waals surface area contributed by atoms with Gasteiger partial charge in [0.1, 0.15) is 5.75 Å². The number of benzene rings is 1. The number of phenolic OH excluding ortho intramolecular Hbond substituents is 1. The van der Waals surface area contributed by atoms with E-state index < -0.39 is 5.60 Å². The van der Waals surface area contributed by atoms with Crippen LogP contribution in [0.5, 0.6) is 5.75 Å². The number of anilines is 1. The van der Waals surface area contributed by atoms with Crippen molar-refractivity contribution in [3.63, 3.8) is 0 Å². The van der Waals surface area contributed by atoms with Crippen LogP contribution in [0.1, 0.15) is 33.3 Å². The Labute approximate surface area is 97.3 Å². The van der Waals surface area contributed by atoms with Gasteiger partial charge in [-0.25, -0.2) is 0 Å². The number of phenols is 1. The summed E-state index contributed by atoms with van der Waals surface area (Å²) in [5.74, 6) is 0.150. The highest BCUT2D eigenvalue weighted by molar-refractivity contribution is 5.54. The van der Waals surface area contributed by atoms with E-state index in [4.69, 9.17) is 0 Å². The molecule has 0 amide bonds. The monoisotopic (exact) mass is 223 g/mol. The summed E-state index contributed by atoms with van der Waals surface area (Å²) in [4.78, 5) is 2.15. The highest BCUT2D eigenvalue weighted by atomic mass is 16.3. The lowest BCUT2D eigenvalue weighted by molar-refractivity contribution is 0.0758. The van der Waals surface area contributed by atoms with E-state index in [0.29, 0.717) is 5.56 Å². The number of rotatable bonds is 4. The summed E-state index contributed by atoms with van der Waals surface area (Å²) in [6.45, 7) is 9.28.